The number of rotatable bonds is 23. The molecule has 2 amide bonds. The lowest BCUT2D eigenvalue weighted by atomic mass is 9.84. The molecule has 0 radical (unpaired) electrons. The smallest absolute Gasteiger partial charge is 0.407 e. The number of carbonyl (C=O) groups excluding carboxylic acids is 4. The number of ketones is 1. The Morgan fingerprint density at radius 1 is 0.592 bits per heavy atom. The molecule has 0 spiro atoms. The predicted octanol–water partition coefficient (Wildman–Crippen LogP) is 10.6. The Balaban J connectivity index is 1.12. The standard InChI is InChI=1S/C61H58N2O7S/c1-2-36-69-58(66)40-57(65)54(37-43-22-8-3-9-23-43)62-59(67)45(42-71-61(46-26-12-5-13-27-46,47-28-14-6-15-29-47)48-30-16-7-17-31-48)39-56(64)55(38-44-24-10-4-11-25-44)63-60(68)70-41-53-51-34-20-18-32-49(51)50-33-19-21-35-52(50)53/h2-35,45,53-55,57,65H,1,36-42H2,(H,62,67)(H,63,68)/t45-,54-,55-,57+/m1/s1. The molecule has 8 rings (SSSR count). The van der Waals surface area contributed by atoms with Gasteiger partial charge in [0.1, 0.15) is 13.2 Å². The van der Waals surface area contributed by atoms with Gasteiger partial charge in [-0.15, -0.1) is 11.8 Å². The van der Waals surface area contributed by atoms with Crippen molar-refractivity contribution in [1.29, 1.82) is 0 Å². The Morgan fingerprint density at radius 3 is 1.56 bits per heavy atom. The van der Waals surface area contributed by atoms with E-state index in [-0.39, 0.29) is 56.4 Å². The van der Waals surface area contributed by atoms with Crippen molar-refractivity contribution in [3.8, 4) is 11.1 Å². The highest BCUT2D eigenvalue weighted by Gasteiger charge is 2.40. The molecule has 1 aliphatic carbocycles. The largest absolute Gasteiger partial charge is 0.461 e. The molecule has 0 fully saturated rings. The maximum absolute atomic E-state index is 15.2. The van der Waals surface area contributed by atoms with Crippen LogP contribution in [0.4, 0.5) is 4.79 Å². The second kappa shape index (κ2) is 24.3. The maximum atomic E-state index is 15.2. The van der Waals surface area contributed by atoms with Crippen LogP contribution < -0.4 is 10.6 Å². The number of alkyl carbamates (subject to hydrolysis) is 1. The number of nitrogens with one attached hydrogen (secondary N) is 2. The molecular formula is C61H58N2O7S. The summed E-state index contributed by atoms with van der Waals surface area (Å²) >= 11 is 1.54. The van der Waals surface area contributed by atoms with E-state index in [0.717, 1.165) is 50.1 Å². The van der Waals surface area contributed by atoms with E-state index >= 15 is 9.59 Å². The first-order chi connectivity index (χ1) is 34.7. The number of hydrogen-bond acceptors (Lipinski definition) is 8. The molecule has 7 aromatic rings. The molecule has 0 aromatic heterocycles. The van der Waals surface area contributed by atoms with Gasteiger partial charge in [0.25, 0.3) is 0 Å². The fourth-order valence-electron chi connectivity index (χ4n) is 9.46. The molecule has 0 bridgehead atoms. The molecule has 0 saturated heterocycles. The van der Waals surface area contributed by atoms with Crippen molar-refractivity contribution < 1.29 is 33.8 Å². The summed E-state index contributed by atoms with van der Waals surface area (Å²) in [7, 11) is 0. The second-order valence-corrected chi connectivity index (χ2v) is 19.0. The number of benzene rings is 7. The Bertz CT molecular complexity index is 2720. The average Bonchev–Trinajstić information content (AvgIpc) is 3.73. The average molecular weight is 963 g/mol. The van der Waals surface area contributed by atoms with Crippen LogP contribution in [-0.4, -0.2) is 66.0 Å². The van der Waals surface area contributed by atoms with Crippen LogP contribution in [0, 0.1) is 5.92 Å². The summed E-state index contributed by atoms with van der Waals surface area (Å²) in [5.41, 5.74) is 8.87. The number of amides is 2. The molecule has 0 saturated carbocycles. The minimum Gasteiger partial charge on any atom is -0.461 e. The third-order valence-electron chi connectivity index (χ3n) is 13.0. The van der Waals surface area contributed by atoms with Gasteiger partial charge < -0.3 is 25.2 Å². The maximum Gasteiger partial charge on any atom is 0.407 e. The van der Waals surface area contributed by atoms with E-state index in [2.05, 4.69) is 65.7 Å². The van der Waals surface area contributed by atoms with E-state index in [4.69, 9.17) is 9.47 Å². The molecule has 3 N–H and O–H groups in total. The van der Waals surface area contributed by atoms with Gasteiger partial charge in [0.15, 0.2) is 5.78 Å². The van der Waals surface area contributed by atoms with Gasteiger partial charge in [-0.2, -0.15) is 0 Å². The van der Waals surface area contributed by atoms with Crippen molar-refractivity contribution in [3.05, 3.63) is 252 Å². The number of Topliss-reactive ketones (excluding diaryl/α,β-unsaturated/α-hetero) is 1. The van der Waals surface area contributed by atoms with E-state index < -0.39 is 46.8 Å². The first-order valence-electron chi connectivity index (χ1n) is 24.0. The molecule has 1 aliphatic rings. The zero-order valence-electron chi connectivity index (χ0n) is 39.5. The molecule has 10 heteroatoms. The number of aliphatic hydroxyl groups is 1. The summed E-state index contributed by atoms with van der Waals surface area (Å²) in [6.07, 6.45) is -0.953. The summed E-state index contributed by atoms with van der Waals surface area (Å²) < 4.78 is 10.4. The van der Waals surface area contributed by atoms with Crippen LogP contribution in [0.2, 0.25) is 0 Å². The monoisotopic (exact) mass is 962 g/mol. The minimum absolute atomic E-state index is 0.0249. The first kappa shape index (κ1) is 49.9. The van der Waals surface area contributed by atoms with Crippen molar-refractivity contribution in [1.82, 2.24) is 10.6 Å². The highest BCUT2D eigenvalue weighted by molar-refractivity contribution is 8.00. The van der Waals surface area contributed by atoms with Gasteiger partial charge in [-0.1, -0.05) is 213 Å². The fourth-order valence-corrected chi connectivity index (χ4v) is 11.1. The number of esters is 1. The van der Waals surface area contributed by atoms with Crippen LogP contribution in [0.15, 0.2) is 213 Å². The molecule has 0 aliphatic heterocycles. The molecule has 71 heavy (non-hydrogen) atoms. The normalized spacial score (nSPS) is 13.6. The topological polar surface area (TPSA) is 131 Å². The fraction of sp³-hybridized carbons (Fsp3) is 0.213. The molecule has 0 heterocycles. The van der Waals surface area contributed by atoms with Crippen LogP contribution in [-0.2, 0) is 41.4 Å². The summed E-state index contributed by atoms with van der Waals surface area (Å²) in [4.78, 5) is 57.1. The van der Waals surface area contributed by atoms with Gasteiger partial charge in [-0.25, -0.2) is 4.79 Å². The SMILES string of the molecule is C=CCOC(=O)C[C@H](O)[C@@H](Cc1ccccc1)NC(=O)[C@@H](CSC(c1ccccc1)(c1ccccc1)c1ccccc1)CC(=O)[C@@H](Cc1ccccc1)NC(=O)OCC1c2ccccc2-c2ccccc21. The van der Waals surface area contributed by atoms with E-state index in [9.17, 15) is 14.7 Å². The Hall–Kier alpha value is -7.53. The zero-order chi connectivity index (χ0) is 49.4. The lowest BCUT2D eigenvalue weighted by Crippen LogP contribution is -2.50. The van der Waals surface area contributed by atoms with Crippen molar-refractivity contribution in [3.63, 3.8) is 0 Å². The van der Waals surface area contributed by atoms with Crippen LogP contribution in [0.1, 0.15) is 57.7 Å². The van der Waals surface area contributed by atoms with Crippen LogP contribution in [0.3, 0.4) is 0 Å². The Labute approximate surface area is 420 Å². The highest BCUT2D eigenvalue weighted by Crippen LogP contribution is 2.49. The van der Waals surface area contributed by atoms with Gasteiger partial charge in [0.05, 0.1) is 35.3 Å². The number of carbonyl (C=O) groups is 4. The van der Waals surface area contributed by atoms with E-state index in [1.165, 1.54) is 17.8 Å². The van der Waals surface area contributed by atoms with Gasteiger partial charge in [0, 0.05) is 18.1 Å². The Morgan fingerprint density at radius 2 is 1.06 bits per heavy atom. The van der Waals surface area contributed by atoms with Crippen molar-refractivity contribution in [2.24, 2.45) is 5.92 Å². The molecule has 0 unspecified atom stereocenters. The summed E-state index contributed by atoms with van der Waals surface area (Å²) in [6.45, 7) is 3.64. The van der Waals surface area contributed by atoms with Crippen LogP contribution in [0.25, 0.3) is 11.1 Å². The molecule has 7 aromatic carbocycles. The number of ether oxygens (including phenoxy) is 2. The summed E-state index contributed by atoms with van der Waals surface area (Å²) in [5.74, 6) is -2.57. The van der Waals surface area contributed by atoms with Crippen LogP contribution >= 0.6 is 11.8 Å². The number of thioether (sulfide) groups is 1. The van der Waals surface area contributed by atoms with Gasteiger partial charge >= 0.3 is 12.1 Å². The third kappa shape index (κ3) is 12.4. The lowest BCUT2D eigenvalue weighted by molar-refractivity contribution is -0.145. The number of hydrogen-bond donors (Lipinski definition) is 3. The third-order valence-corrected chi connectivity index (χ3v) is 14.7. The number of fused-ring (bicyclic) bond motifs is 3. The number of aliphatic hydroxyl groups excluding tert-OH is 1. The quantitative estimate of drug-likeness (QED) is 0.0328. The van der Waals surface area contributed by atoms with Gasteiger partial charge in [-0.3, -0.25) is 14.4 Å². The summed E-state index contributed by atoms with van der Waals surface area (Å²) in [6, 6.07) is 63.2. The summed E-state index contributed by atoms with van der Waals surface area (Å²) in [5, 5.41) is 17.7. The highest BCUT2D eigenvalue weighted by atomic mass is 32.2. The molecule has 4 atom stereocenters. The molecular weight excluding hydrogens is 905 g/mol. The zero-order valence-corrected chi connectivity index (χ0v) is 40.3. The van der Waals surface area contributed by atoms with Crippen molar-refractivity contribution in [2.75, 3.05) is 19.0 Å². The first-order valence-corrected chi connectivity index (χ1v) is 25.0. The van der Waals surface area contributed by atoms with Crippen LogP contribution in [0.5, 0.6) is 0 Å². The van der Waals surface area contributed by atoms with Crippen molar-refractivity contribution in [2.45, 2.75) is 54.5 Å². The Kier molecular flexibility index (Phi) is 17.1. The van der Waals surface area contributed by atoms with E-state index in [1.54, 1.807) is 0 Å². The second-order valence-electron chi connectivity index (χ2n) is 17.7. The van der Waals surface area contributed by atoms with Crippen molar-refractivity contribution >= 4 is 35.5 Å². The lowest BCUT2D eigenvalue weighted by Gasteiger charge is -2.37. The predicted molar refractivity (Wildman–Crippen MR) is 281 cm³/mol. The molecule has 360 valence electrons. The van der Waals surface area contributed by atoms with Gasteiger partial charge in [-0.05, 0) is 62.9 Å². The minimum atomic E-state index is -1.33. The molecule has 9 nitrogen and oxygen atoms in total. The van der Waals surface area contributed by atoms with Gasteiger partial charge in [0.2, 0.25) is 5.91 Å². The van der Waals surface area contributed by atoms with E-state index in [1.807, 2.05) is 152 Å². The van der Waals surface area contributed by atoms with E-state index in [0.29, 0.717) is 0 Å².